The Morgan fingerprint density at radius 1 is 1.12 bits per heavy atom. The van der Waals surface area contributed by atoms with Gasteiger partial charge in [-0.2, -0.15) is 0 Å². The van der Waals surface area contributed by atoms with Gasteiger partial charge in [0, 0.05) is 0 Å². The van der Waals surface area contributed by atoms with E-state index in [1.807, 2.05) is 19.1 Å². The molecule has 0 aliphatic rings. The minimum atomic E-state index is 0.672. The normalized spacial score (nSPS) is 12.5. The van der Waals surface area contributed by atoms with E-state index in [9.17, 15) is 0 Å². The minimum absolute atomic E-state index is 0.672. The van der Waals surface area contributed by atoms with Gasteiger partial charge in [-0.05, 0) is 12.8 Å². The van der Waals surface area contributed by atoms with Crippen molar-refractivity contribution in [3.05, 3.63) is 24.3 Å². The first-order valence-corrected chi connectivity index (χ1v) is 3.07. The SMILES string of the molecule is C/C=C/C=CC(C)C. The third kappa shape index (κ3) is 5.48. The number of rotatable bonds is 2. The van der Waals surface area contributed by atoms with Crippen LogP contribution in [0.25, 0.3) is 0 Å². The maximum absolute atomic E-state index is 2.17. The van der Waals surface area contributed by atoms with Gasteiger partial charge in [0.25, 0.3) is 0 Å². The number of hydrogen-bond acceptors (Lipinski definition) is 0. The number of hydrogen-bond donors (Lipinski definition) is 0. The van der Waals surface area contributed by atoms with Crippen LogP contribution in [0.1, 0.15) is 20.8 Å². The molecule has 0 radical (unpaired) electrons. The van der Waals surface area contributed by atoms with Crippen LogP contribution >= 0.6 is 0 Å². The Bertz CT molecular complexity index is 86.2. The van der Waals surface area contributed by atoms with Crippen molar-refractivity contribution in [1.82, 2.24) is 0 Å². The fraction of sp³-hybridized carbons (Fsp3) is 0.500. The molecule has 0 heteroatoms. The highest BCUT2D eigenvalue weighted by Gasteiger charge is 1.77. The van der Waals surface area contributed by atoms with Crippen LogP contribution in [0.3, 0.4) is 0 Å². The van der Waals surface area contributed by atoms with Crippen LogP contribution in [-0.2, 0) is 0 Å². The van der Waals surface area contributed by atoms with E-state index in [1.165, 1.54) is 0 Å². The van der Waals surface area contributed by atoms with Crippen molar-refractivity contribution < 1.29 is 0 Å². The Balaban J connectivity index is 3.34. The molecule has 0 aromatic heterocycles. The molecule has 0 spiro atoms. The topological polar surface area (TPSA) is 0 Å². The summed E-state index contributed by atoms with van der Waals surface area (Å²) in [6.45, 7) is 6.35. The molecule has 0 bridgehead atoms. The summed E-state index contributed by atoms with van der Waals surface area (Å²) in [5.41, 5.74) is 0. The zero-order valence-corrected chi connectivity index (χ0v) is 5.89. The van der Waals surface area contributed by atoms with E-state index in [4.69, 9.17) is 0 Å². The molecule has 0 unspecified atom stereocenters. The molecule has 0 saturated carbocycles. The zero-order chi connectivity index (χ0) is 6.41. The minimum Gasteiger partial charge on any atom is -0.0877 e. The second-order valence-electron chi connectivity index (χ2n) is 2.15. The fourth-order valence-electron chi connectivity index (χ4n) is 0.397. The van der Waals surface area contributed by atoms with Gasteiger partial charge >= 0.3 is 0 Å². The van der Waals surface area contributed by atoms with Gasteiger partial charge in [-0.15, -0.1) is 0 Å². The molecule has 46 valence electrons. The highest BCUT2D eigenvalue weighted by Crippen LogP contribution is 1.92. The van der Waals surface area contributed by atoms with Crippen molar-refractivity contribution >= 4 is 0 Å². The lowest BCUT2D eigenvalue weighted by Crippen LogP contribution is -1.74. The highest BCUT2D eigenvalue weighted by molar-refractivity contribution is 5.01. The van der Waals surface area contributed by atoms with E-state index >= 15 is 0 Å². The molecule has 0 N–H and O–H groups in total. The molecule has 8 heavy (non-hydrogen) atoms. The first-order chi connectivity index (χ1) is 3.77. The van der Waals surface area contributed by atoms with Crippen molar-refractivity contribution in [2.75, 3.05) is 0 Å². The molecule has 0 atom stereocenters. The summed E-state index contributed by atoms with van der Waals surface area (Å²) in [4.78, 5) is 0. The van der Waals surface area contributed by atoms with E-state index < -0.39 is 0 Å². The third-order valence-electron chi connectivity index (χ3n) is 0.800. The first kappa shape index (κ1) is 7.48. The largest absolute Gasteiger partial charge is 0.0877 e. The summed E-state index contributed by atoms with van der Waals surface area (Å²) < 4.78 is 0. The molecule has 0 rings (SSSR count). The van der Waals surface area contributed by atoms with Crippen LogP contribution < -0.4 is 0 Å². The van der Waals surface area contributed by atoms with E-state index in [0.717, 1.165) is 0 Å². The quantitative estimate of drug-likeness (QED) is 0.479. The van der Waals surface area contributed by atoms with Crippen molar-refractivity contribution in [3.8, 4) is 0 Å². The Hall–Kier alpha value is -0.520. The van der Waals surface area contributed by atoms with E-state index in [-0.39, 0.29) is 0 Å². The van der Waals surface area contributed by atoms with Crippen molar-refractivity contribution in [2.24, 2.45) is 5.92 Å². The molecule has 0 fully saturated rings. The van der Waals surface area contributed by atoms with Gasteiger partial charge in [-0.25, -0.2) is 0 Å². The predicted molar refractivity (Wildman–Crippen MR) is 38.8 cm³/mol. The second-order valence-corrected chi connectivity index (χ2v) is 2.15. The smallest absolute Gasteiger partial charge is 0.0287 e. The lowest BCUT2D eigenvalue weighted by atomic mass is 10.2. The van der Waals surface area contributed by atoms with E-state index in [2.05, 4.69) is 26.0 Å². The third-order valence-corrected chi connectivity index (χ3v) is 0.800. The lowest BCUT2D eigenvalue weighted by molar-refractivity contribution is 0.832. The second kappa shape index (κ2) is 4.63. The summed E-state index contributed by atoms with van der Waals surface area (Å²) >= 11 is 0. The van der Waals surface area contributed by atoms with Gasteiger partial charge in [0.2, 0.25) is 0 Å². The Morgan fingerprint density at radius 3 is 2.12 bits per heavy atom. The standard InChI is InChI=1S/C8H14/c1-4-5-6-7-8(2)3/h4-8H,1-3H3/b5-4+,7-6?. The van der Waals surface area contributed by atoms with E-state index in [0.29, 0.717) is 5.92 Å². The summed E-state index contributed by atoms with van der Waals surface area (Å²) in [5, 5.41) is 0. The van der Waals surface area contributed by atoms with Crippen molar-refractivity contribution in [2.45, 2.75) is 20.8 Å². The maximum Gasteiger partial charge on any atom is -0.0287 e. The lowest BCUT2D eigenvalue weighted by Gasteiger charge is -1.88. The van der Waals surface area contributed by atoms with Gasteiger partial charge in [-0.3, -0.25) is 0 Å². The summed E-state index contributed by atoms with van der Waals surface area (Å²) in [6.07, 6.45) is 8.31. The van der Waals surface area contributed by atoms with Crippen LogP contribution in [0.15, 0.2) is 24.3 Å². The molecule has 0 aromatic rings. The van der Waals surface area contributed by atoms with Gasteiger partial charge in [-0.1, -0.05) is 38.2 Å². The zero-order valence-electron chi connectivity index (χ0n) is 5.89. The summed E-state index contributed by atoms with van der Waals surface area (Å²) in [6, 6.07) is 0. The molecule has 0 saturated heterocycles. The van der Waals surface area contributed by atoms with Crippen LogP contribution in [0.5, 0.6) is 0 Å². The van der Waals surface area contributed by atoms with E-state index in [1.54, 1.807) is 0 Å². The van der Waals surface area contributed by atoms with Crippen LogP contribution in [0.2, 0.25) is 0 Å². The average Bonchev–Trinajstić information content (AvgIpc) is 1.66. The maximum atomic E-state index is 2.17. The molecular weight excluding hydrogens is 96.1 g/mol. The molecule has 0 aliphatic carbocycles. The molecule has 0 aliphatic heterocycles. The van der Waals surface area contributed by atoms with Gasteiger partial charge < -0.3 is 0 Å². The molecule has 0 amide bonds. The summed E-state index contributed by atoms with van der Waals surface area (Å²) in [7, 11) is 0. The van der Waals surface area contributed by atoms with Crippen molar-refractivity contribution in [1.29, 1.82) is 0 Å². The van der Waals surface area contributed by atoms with Crippen molar-refractivity contribution in [3.63, 3.8) is 0 Å². The highest BCUT2D eigenvalue weighted by atomic mass is 13.8. The fourth-order valence-corrected chi connectivity index (χ4v) is 0.397. The van der Waals surface area contributed by atoms with Crippen LogP contribution in [0.4, 0.5) is 0 Å². The Labute approximate surface area is 51.9 Å². The Morgan fingerprint density at radius 2 is 1.75 bits per heavy atom. The number of allylic oxidation sites excluding steroid dienone is 4. The van der Waals surface area contributed by atoms with Crippen LogP contribution in [0, 0.1) is 5.92 Å². The summed E-state index contributed by atoms with van der Waals surface area (Å²) in [5.74, 6) is 0.672. The molecule has 0 nitrogen and oxygen atoms in total. The van der Waals surface area contributed by atoms with Crippen LogP contribution in [-0.4, -0.2) is 0 Å². The molecular formula is C8H14. The van der Waals surface area contributed by atoms with Gasteiger partial charge in [0.15, 0.2) is 0 Å². The molecule has 0 aromatic carbocycles. The van der Waals surface area contributed by atoms with Gasteiger partial charge in [0.05, 0.1) is 0 Å². The predicted octanol–water partition coefficient (Wildman–Crippen LogP) is 2.77. The first-order valence-electron chi connectivity index (χ1n) is 3.07. The monoisotopic (exact) mass is 110 g/mol. The molecule has 0 heterocycles. The Kier molecular flexibility index (Phi) is 4.33. The van der Waals surface area contributed by atoms with Gasteiger partial charge in [0.1, 0.15) is 0 Å². The average molecular weight is 110 g/mol.